The summed E-state index contributed by atoms with van der Waals surface area (Å²) in [5.74, 6) is 1.81. The first-order valence-corrected chi connectivity index (χ1v) is 7.89. The molecule has 1 saturated carbocycles. The second kappa shape index (κ2) is 6.56. The normalized spacial score (nSPS) is 25.5. The van der Waals surface area contributed by atoms with Crippen molar-refractivity contribution in [3.8, 4) is 0 Å². The van der Waals surface area contributed by atoms with E-state index in [1.165, 1.54) is 36.8 Å². The minimum atomic E-state index is 0.474. The van der Waals surface area contributed by atoms with E-state index in [2.05, 4.69) is 57.3 Å². The molecule has 0 aromatic heterocycles. The summed E-state index contributed by atoms with van der Waals surface area (Å²) >= 11 is 0. The van der Waals surface area contributed by atoms with Gasteiger partial charge >= 0.3 is 0 Å². The molecule has 1 N–H and O–H groups in total. The largest absolute Gasteiger partial charge is 0.307 e. The van der Waals surface area contributed by atoms with Crippen LogP contribution in [-0.4, -0.2) is 6.04 Å². The summed E-state index contributed by atoms with van der Waals surface area (Å²) in [5, 5.41) is 3.84. The van der Waals surface area contributed by atoms with Gasteiger partial charge in [0.2, 0.25) is 0 Å². The molecule has 1 aromatic carbocycles. The predicted molar refractivity (Wildman–Crippen MR) is 83.3 cm³/mol. The molecule has 1 nitrogen and oxygen atoms in total. The van der Waals surface area contributed by atoms with Gasteiger partial charge in [-0.2, -0.15) is 0 Å². The molecule has 0 saturated heterocycles. The van der Waals surface area contributed by atoms with Crippen molar-refractivity contribution in [1.29, 1.82) is 0 Å². The summed E-state index contributed by atoms with van der Waals surface area (Å²) in [7, 11) is 0. The third-order valence-electron chi connectivity index (χ3n) is 4.86. The van der Waals surface area contributed by atoms with Crippen molar-refractivity contribution < 1.29 is 0 Å². The fraction of sp³-hybridized carbons (Fsp3) is 0.667. The van der Waals surface area contributed by atoms with E-state index in [1.54, 1.807) is 0 Å². The molecule has 1 heteroatoms. The maximum Gasteiger partial charge on any atom is 0.0296 e. The van der Waals surface area contributed by atoms with Gasteiger partial charge in [-0.15, -0.1) is 0 Å². The van der Waals surface area contributed by atoms with Crippen LogP contribution in [0, 0.1) is 18.8 Å². The minimum absolute atomic E-state index is 0.474. The fourth-order valence-electron chi connectivity index (χ4n) is 3.47. The molecule has 2 rings (SSSR count). The van der Waals surface area contributed by atoms with Gasteiger partial charge in [0.1, 0.15) is 0 Å². The number of benzene rings is 1. The zero-order valence-corrected chi connectivity index (χ0v) is 12.9. The van der Waals surface area contributed by atoms with Crippen molar-refractivity contribution >= 4 is 0 Å². The highest BCUT2D eigenvalue weighted by atomic mass is 14.9. The molecule has 0 spiro atoms. The lowest BCUT2D eigenvalue weighted by Gasteiger charge is -2.33. The highest BCUT2D eigenvalue weighted by Gasteiger charge is 2.24. The van der Waals surface area contributed by atoms with Crippen LogP contribution in [0.1, 0.15) is 63.6 Å². The Hall–Kier alpha value is -0.820. The Kier molecular flexibility index (Phi) is 5.04. The van der Waals surface area contributed by atoms with Gasteiger partial charge in [-0.05, 0) is 62.5 Å². The second-order valence-corrected chi connectivity index (χ2v) is 6.60. The first-order chi connectivity index (χ1) is 9.08. The van der Waals surface area contributed by atoms with Gasteiger partial charge in [-0.25, -0.2) is 0 Å². The van der Waals surface area contributed by atoms with Crippen molar-refractivity contribution in [2.24, 2.45) is 11.8 Å². The van der Waals surface area contributed by atoms with E-state index in [0.29, 0.717) is 12.1 Å². The number of hydrogen-bond acceptors (Lipinski definition) is 1. The van der Waals surface area contributed by atoms with Crippen molar-refractivity contribution in [3.63, 3.8) is 0 Å². The Morgan fingerprint density at radius 2 is 1.63 bits per heavy atom. The maximum absolute atomic E-state index is 3.84. The zero-order chi connectivity index (χ0) is 13.8. The monoisotopic (exact) mass is 259 g/mol. The lowest BCUT2D eigenvalue weighted by molar-refractivity contribution is 0.231. The van der Waals surface area contributed by atoms with Crippen molar-refractivity contribution in [2.45, 2.75) is 65.5 Å². The summed E-state index contributed by atoms with van der Waals surface area (Å²) < 4.78 is 0. The van der Waals surface area contributed by atoms with Gasteiger partial charge in [0.15, 0.2) is 0 Å². The van der Waals surface area contributed by atoms with Crippen molar-refractivity contribution in [3.05, 3.63) is 35.4 Å². The molecule has 0 amide bonds. The first kappa shape index (κ1) is 14.6. The Balaban J connectivity index is 1.87. The Labute approximate surface area is 118 Å². The molecule has 1 atom stereocenters. The Morgan fingerprint density at radius 3 is 2.21 bits per heavy atom. The topological polar surface area (TPSA) is 12.0 Å². The van der Waals surface area contributed by atoms with E-state index in [1.807, 2.05) is 0 Å². The molecule has 19 heavy (non-hydrogen) atoms. The van der Waals surface area contributed by atoms with Crippen LogP contribution in [0.5, 0.6) is 0 Å². The van der Waals surface area contributed by atoms with E-state index in [4.69, 9.17) is 0 Å². The van der Waals surface area contributed by atoms with Gasteiger partial charge in [-0.3, -0.25) is 0 Å². The van der Waals surface area contributed by atoms with E-state index in [9.17, 15) is 0 Å². The summed E-state index contributed by atoms with van der Waals surface area (Å²) in [5.41, 5.74) is 2.85. The molecule has 1 aliphatic rings. The van der Waals surface area contributed by atoms with Gasteiger partial charge in [0.25, 0.3) is 0 Å². The minimum Gasteiger partial charge on any atom is -0.307 e. The summed E-state index contributed by atoms with van der Waals surface area (Å²) in [6.07, 6.45) is 5.49. The van der Waals surface area contributed by atoms with E-state index in [-0.39, 0.29) is 0 Å². The highest BCUT2D eigenvalue weighted by molar-refractivity contribution is 5.28. The standard InChI is InChI=1S/C18H29N/c1-13(2)16-9-11-17(12-10-16)19-15(4)18-8-6-5-7-14(18)3/h5-8,13,15-17,19H,9-12H2,1-4H3. The molecule has 0 aliphatic heterocycles. The number of nitrogens with one attached hydrogen (secondary N) is 1. The lowest BCUT2D eigenvalue weighted by atomic mass is 9.79. The molecule has 0 heterocycles. The molecular formula is C18H29N. The lowest BCUT2D eigenvalue weighted by Crippen LogP contribution is -2.36. The van der Waals surface area contributed by atoms with Gasteiger partial charge in [0, 0.05) is 12.1 Å². The Bertz CT molecular complexity index is 388. The maximum atomic E-state index is 3.84. The molecule has 0 bridgehead atoms. The molecule has 1 aromatic rings. The molecule has 1 aliphatic carbocycles. The SMILES string of the molecule is Cc1ccccc1C(C)NC1CCC(C(C)C)CC1. The van der Waals surface area contributed by atoms with Crippen LogP contribution in [0.15, 0.2) is 24.3 Å². The van der Waals surface area contributed by atoms with Gasteiger partial charge in [-0.1, -0.05) is 38.1 Å². The van der Waals surface area contributed by atoms with Crippen LogP contribution in [0.2, 0.25) is 0 Å². The van der Waals surface area contributed by atoms with E-state index < -0.39 is 0 Å². The molecule has 1 fully saturated rings. The van der Waals surface area contributed by atoms with Crippen LogP contribution < -0.4 is 5.32 Å². The average Bonchev–Trinajstić information content (AvgIpc) is 2.39. The second-order valence-electron chi connectivity index (χ2n) is 6.60. The number of hydrogen-bond donors (Lipinski definition) is 1. The van der Waals surface area contributed by atoms with Crippen LogP contribution in [-0.2, 0) is 0 Å². The van der Waals surface area contributed by atoms with Crippen LogP contribution in [0.4, 0.5) is 0 Å². The van der Waals surface area contributed by atoms with Crippen molar-refractivity contribution in [2.75, 3.05) is 0 Å². The van der Waals surface area contributed by atoms with Crippen LogP contribution >= 0.6 is 0 Å². The number of aryl methyl sites for hydroxylation is 1. The first-order valence-electron chi connectivity index (χ1n) is 7.89. The van der Waals surface area contributed by atoms with Crippen LogP contribution in [0.3, 0.4) is 0 Å². The quantitative estimate of drug-likeness (QED) is 0.814. The van der Waals surface area contributed by atoms with E-state index >= 15 is 0 Å². The van der Waals surface area contributed by atoms with E-state index in [0.717, 1.165) is 11.8 Å². The van der Waals surface area contributed by atoms with Crippen molar-refractivity contribution in [1.82, 2.24) is 5.32 Å². The Morgan fingerprint density at radius 1 is 1.00 bits per heavy atom. The highest BCUT2D eigenvalue weighted by Crippen LogP contribution is 2.31. The number of rotatable bonds is 4. The fourth-order valence-corrected chi connectivity index (χ4v) is 3.47. The molecular weight excluding hydrogens is 230 g/mol. The predicted octanol–water partition coefficient (Wildman–Crippen LogP) is 4.86. The molecule has 1 unspecified atom stereocenters. The summed E-state index contributed by atoms with van der Waals surface area (Å²) in [6, 6.07) is 9.93. The van der Waals surface area contributed by atoms with Gasteiger partial charge < -0.3 is 5.32 Å². The molecule has 106 valence electrons. The summed E-state index contributed by atoms with van der Waals surface area (Å²) in [6.45, 7) is 9.25. The van der Waals surface area contributed by atoms with Crippen LogP contribution in [0.25, 0.3) is 0 Å². The van der Waals surface area contributed by atoms with Gasteiger partial charge in [0.05, 0.1) is 0 Å². The average molecular weight is 259 g/mol. The third kappa shape index (κ3) is 3.82. The zero-order valence-electron chi connectivity index (χ0n) is 12.9. The smallest absolute Gasteiger partial charge is 0.0296 e. The molecule has 0 radical (unpaired) electrons. The summed E-state index contributed by atoms with van der Waals surface area (Å²) in [4.78, 5) is 0. The third-order valence-corrected chi connectivity index (χ3v) is 4.86.